The number of rotatable bonds is 3. The Balaban J connectivity index is 2.31. The molecule has 3 aromatic rings. The molecule has 0 spiro atoms. The summed E-state index contributed by atoms with van der Waals surface area (Å²) in [5.41, 5.74) is 10.3. The molecule has 0 radical (unpaired) electrons. The minimum absolute atomic E-state index is 0.404. The lowest BCUT2D eigenvalue weighted by molar-refractivity contribution is 0.542. The van der Waals surface area contributed by atoms with Gasteiger partial charge in [-0.3, -0.25) is 0 Å². The van der Waals surface area contributed by atoms with Crippen molar-refractivity contribution in [1.82, 2.24) is 0 Å². The Morgan fingerprint density at radius 1 is 1.00 bits per heavy atom. The van der Waals surface area contributed by atoms with E-state index in [2.05, 4.69) is 44.2 Å². The standard InChI is InChI=1S/C18H19NO/c1-12(2)17-15-10-6-9-14(13-7-4-3-5-8-13)18(15)20-16(17)11-19/h3-10,12H,11,19H2,1-2H3. The van der Waals surface area contributed by atoms with Crippen molar-refractivity contribution in [3.05, 3.63) is 59.9 Å². The van der Waals surface area contributed by atoms with Crippen LogP contribution in [0.15, 0.2) is 52.9 Å². The third-order valence-corrected chi connectivity index (χ3v) is 3.68. The molecule has 0 aliphatic rings. The van der Waals surface area contributed by atoms with Gasteiger partial charge in [-0.2, -0.15) is 0 Å². The Bertz CT molecular complexity index is 726. The van der Waals surface area contributed by atoms with Gasteiger partial charge >= 0.3 is 0 Å². The molecule has 0 saturated carbocycles. The Hall–Kier alpha value is -2.06. The van der Waals surface area contributed by atoms with Crippen LogP contribution in [0.1, 0.15) is 31.1 Å². The summed E-state index contributed by atoms with van der Waals surface area (Å²) in [5.74, 6) is 1.30. The molecule has 102 valence electrons. The number of fused-ring (bicyclic) bond motifs is 1. The Labute approximate surface area is 119 Å². The van der Waals surface area contributed by atoms with Crippen LogP contribution in [0.2, 0.25) is 0 Å². The van der Waals surface area contributed by atoms with E-state index in [9.17, 15) is 0 Å². The first-order valence-corrected chi connectivity index (χ1v) is 7.02. The van der Waals surface area contributed by atoms with E-state index < -0.39 is 0 Å². The van der Waals surface area contributed by atoms with Crippen LogP contribution in [0, 0.1) is 0 Å². The highest BCUT2D eigenvalue weighted by molar-refractivity contribution is 5.95. The van der Waals surface area contributed by atoms with Crippen LogP contribution in [0.3, 0.4) is 0 Å². The van der Waals surface area contributed by atoms with Crippen molar-refractivity contribution in [2.75, 3.05) is 0 Å². The van der Waals surface area contributed by atoms with Gasteiger partial charge in [0.2, 0.25) is 0 Å². The molecule has 1 aromatic heterocycles. The van der Waals surface area contributed by atoms with Gasteiger partial charge in [0.15, 0.2) is 0 Å². The van der Waals surface area contributed by atoms with Gasteiger partial charge in [0.25, 0.3) is 0 Å². The van der Waals surface area contributed by atoms with Gasteiger partial charge in [0.05, 0.1) is 6.54 Å². The minimum Gasteiger partial charge on any atom is -0.459 e. The van der Waals surface area contributed by atoms with Gasteiger partial charge in [0, 0.05) is 16.5 Å². The maximum Gasteiger partial charge on any atom is 0.142 e. The number of furan rings is 1. The molecule has 2 aromatic carbocycles. The van der Waals surface area contributed by atoms with E-state index in [4.69, 9.17) is 10.2 Å². The van der Waals surface area contributed by atoms with Crippen molar-refractivity contribution < 1.29 is 4.42 Å². The fourth-order valence-electron chi connectivity index (χ4n) is 2.82. The van der Waals surface area contributed by atoms with Crippen LogP contribution >= 0.6 is 0 Å². The molecule has 2 N–H and O–H groups in total. The summed E-state index contributed by atoms with van der Waals surface area (Å²) in [4.78, 5) is 0. The minimum atomic E-state index is 0.404. The zero-order valence-corrected chi connectivity index (χ0v) is 11.9. The topological polar surface area (TPSA) is 39.2 Å². The summed E-state index contributed by atoms with van der Waals surface area (Å²) in [5, 5.41) is 1.18. The van der Waals surface area contributed by atoms with Crippen LogP contribution < -0.4 is 5.73 Å². The van der Waals surface area contributed by atoms with Crippen molar-refractivity contribution in [2.45, 2.75) is 26.3 Å². The monoisotopic (exact) mass is 265 g/mol. The Morgan fingerprint density at radius 2 is 1.75 bits per heavy atom. The summed E-state index contributed by atoms with van der Waals surface area (Å²) in [6.07, 6.45) is 0. The largest absolute Gasteiger partial charge is 0.459 e. The molecule has 0 saturated heterocycles. The van der Waals surface area contributed by atoms with Gasteiger partial charge in [-0.05, 0) is 11.5 Å². The van der Waals surface area contributed by atoms with E-state index in [-0.39, 0.29) is 0 Å². The molecule has 0 fully saturated rings. The molecule has 1 heterocycles. The number of para-hydroxylation sites is 1. The SMILES string of the molecule is CC(C)c1c(CN)oc2c(-c3ccccc3)cccc12. The lowest BCUT2D eigenvalue weighted by atomic mass is 9.96. The van der Waals surface area contributed by atoms with Gasteiger partial charge in [-0.1, -0.05) is 62.4 Å². The molecule has 0 aliphatic carbocycles. The molecule has 0 amide bonds. The molecular formula is C18H19NO. The maximum atomic E-state index is 6.07. The molecule has 0 aliphatic heterocycles. The highest BCUT2D eigenvalue weighted by Gasteiger charge is 2.18. The van der Waals surface area contributed by atoms with Crippen LogP contribution in [-0.4, -0.2) is 0 Å². The Morgan fingerprint density at radius 3 is 2.40 bits per heavy atom. The molecule has 0 bridgehead atoms. The molecule has 2 heteroatoms. The quantitative estimate of drug-likeness (QED) is 0.746. The second-order valence-electron chi connectivity index (χ2n) is 5.35. The number of nitrogens with two attached hydrogens (primary N) is 1. The van der Waals surface area contributed by atoms with Crippen molar-refractivity contribution in [1.29, 1.82) is 0 Å². The van der Waals surface area contributed by atoms with E-state index in [0.717, 1.165) is 16.9 Å². The van der Waals surface area contributed by atoms with Crippen molar-refractivity contribution in [3.8, 4) is 11.1 Å². The molecule has 20 heavy (non-hydrogen) atoms. The zero-order chi connectivity index (χ0) is 14.1. The normalized spacial score (nSPS) is 11.4. The lowest BCUT2D eigenvalue weighted by Crippen LogP contribution is -1.99. The van der Waals surface area contributed by atoms with Crippen LogP contribution in [-0.2, 0) is 6.54 Å². The third kappa shape index (κ3) is 2.02. The zero-order valence-electron chi connectivity index (χ0n) is 11.9. The number of benzene rings is 2. The smallest absolute Gasteiger partial charge is 0.142 e. The fourth-order valence-corrected chi connectivity index (χ4v) is 2.82. The predicted octanol–water partition coefficient (Wildman–Crippen LogP) is 4.68. The highest BCUT2D eigenvalue weighted by Crippen LogP contribution is 2.37. The summed E-state index contributed by atoms with van der Waals surface area (Å²) in [7, 11) is 0. The Kier molecular flexibility index (Phi) is 3.33. The first-order chi connectivity index (χ1) is 9.72. The first-order valence-electron chi connectivity index (χ1n) is 7.02. The highest BCUT2D eigenvalue weighted by atomic mass is 16.3. The average Bonchev–Trinajstić information content (AvgIpc) is 2.86. The van der Waals surface area contributed by atoms with Gasteiger partial charge in [0.1, 0.15) is 11.3 Å². The van der Waals surface area contributed by atoms with E-state index in [1.165, 1.54) is 16.5 Å². The average molecular weight is 265 g/mol. The van der Waals surface area contributed by atoms with Crippen LogP contribution in [0.5, 0.6) is 0 Å². The van der Waals surface area contributed by atoms with E-state index >= 15 is 0 Å². The summed E-state index contributed by atoms with van der Waals surface area (Å²) in [6.45, 7) is 4.80. The van der Waals surface area contributed by atoms with Crippen molar-refractivity contribution in [3.63, 3.8) is 0 Å². The molecular weight excluding hydrogens is 246 g/mol. The fraction of sp³-hybridized carbons (Fsp3) is 0.222. The lowest BCUT2D eigenvalue weighted by Gasteiger charge is -2.05. The second-order valence-corrected chi connectivity index (χ2v) is 5.35. The summed E-state index contributed by atoms with van der Waals surface area (Å²) < 4.78 is 6.07. The van der Waals surface area contributed by atoms with Crippen LogP contribution in [0.4, 0.5) is 0 Å². The van der Waals surface area contributed by atoms with E-state index in [1.54, 1.807) is 0 Å². The van der Waals surface area contributed by atoms with E-state index in [1.807, 2.05) is 18.2 Å². The second kappa shape index (κ2) is 5.14. The third-order valence-electron chi connectivity index (χ3n) is 3.68. The van der Waals surface area contributed by atoms with Gasteiger partial charge < -0.3 is 10.2 Å². The van der Waals surface area contributed by atoms with E-state index in [0.29, 0.717) is 12.5 Å². The number of hydrogen-bond acceptors (Lipinski definition) is 2. The van der Waals surface area contributed by atoms with Crippen molar-refractivity contribution >= 4 is 11.0 Å². The molecule has 0 unspecified atom stereocenters. The van der Waals surface area contributed by atoms with Crippen LogP contribution in [0.25, 0.3) is 22.1 Å². The molecule has 2 nitrogen and oxygen atoms in total. The molecule has 0 atom stereocenters. The summed E-state index contributed by atoms with van der Waals surface area (Å²) in [6, 6.07) is 16.6. The summed E-state index contributed by atoms with van der Waals surface area (Å²) >= 11 is 0. The maximum absolute atomic E-state index is 6.07. The first kappa shape index (κ1) is 12.9. The van der Waals surface area contributed by atoms with Crippen molar-refractivity contribution in [2.24, 2.45) is 5.73 Å². The predicted molar refractivity (Wildman–Crippen MR) is 83.6 cm³/mol. The number of hydrogen-bond donors (Lipinski definition) is 1. The van der Waals surface area contributed by atoms with Gasteiger partial charge in [-0.15, -0.1) is 0 Å². The van der Waals surface area contributed by atoms with Gasteiger partial charge in [-0.25, -0.2) is 0 Å². The molecule has 3 rings (SSSR count).